The average Bonchev–Trinajstić information content (AvgIpc) is 2.15. The summed E-state index contributed by atoms with van der Waals surface area (Å²) in [6.45, 7) is 6.34. The first kappa shape index (κ1) is 11.7. The number of pyridine rings is 1. The summed E-state index contributed by atoms with van der Waals surface area (Å²) >= 11 is 0. The van der Waals surface area contributed by atoms with E-state index in [9.17, 15) is 4.79 Å². The molecule has 0 saturated heterocycles. The van der Waals surface area contributed by atoms with E-state index in [-0.39, 0.29) is 11.4 Å². The molecule has 0 aliphatic carbocycles. The second-order valence-corrected chi connectivity index (χ2v) is 4.73. The lowest BCUT2D eigenvalue weighted by molar-refractivity contribution is 0.0598. The van der Waals surface area contributed by atoms with Gasteiger partial charge in [-0.1, -0.05) is 20.8 Å². The van der Waals surface area contributed by atoms with Gasteiger partial charge in [0.15, 0.2) is 0 Å². The van der Waals surface area contributed by atoms with Crippen molar-refractivity contribution < 1.29 is 9.53 Å². The molecule has 0 fully saturated rings. The zero-order chi connectivity index (χ0) is 11.5. The molecular weight excluding hydrogens is 190 g/mol. The molecule has 0 radical (unpaired) electrons. The lowest BCUT2D eigenvalue weighted by Gasteiger charge is -2.18. The normalized spacial score (nSPS) is 11.2. The number of hydrogen-bond donors (Lipinski definition) is 0. The summed E-state index contributed by atoms with van der Waals surface area (Å²) in [5.41, 5.74) is 1.48. The van der Waals surface area contributed by atoms with Gasteiger partial charge < -0.3 is 4.74 Å². The zero-order valence-corrected chi connectivity index (χ0v) is 9.70. The van der Waals surface area contributed by atoms with Gasteiger partial charge in [0, 0.05) is 6.20 Å². The minimum atomic E-state index is -0.317. The fraction of sp³-hybridized carbons (Fsp3) is 0.500. The molecule has 0 aliphatic rings. The number of nitrogens with zero attached hydrogens (tertiary/aromatic N) is 1. The highest BCUT2D eigenvalue weighted by Gasteiger charge is 2.18. The van der Waals surface area contributed by atoms with E-state index in [2.05, 4.69) is 25.8 Å². The van der Waals surface area contributed by atoms with Crippen molar-refractivity contribution in [2.24, 2.45) is 5.41 Å². The number of aromatic nitrogens is 1. The fourth-order valence-corrected chi connectivity index (χ4v) is 1.38. The van der Waals surface area contributed by atoms with Crippen LogP contribution in [0.2, 0.25) is 0 Å². The van der Waals surface area contributed by atoms with E-state index in [4.69, 9.17) is 4.74 Å². The van der Waals surface area contributed by atoms with Gasteiger partial charge in [-0.15, -0.1) is 0 Å². The van der Waals surface area contributed by atoms with Crippen LogP contribution in [0.1, 0.15) is 36.8 Å². The molecule has 1 rings (SSSR count). The van der Waals surface area contributed by atoms with E-state index in [1.54, 1.807) is 18.3 Å². The molecule has 3 heteroatoms. The molecule has 0 saturated carbocycles. The van der Waals surface area contributed by atoms with Crippen molar-refractivity contribution in [2.75, 3.05) is 7.11 Å². The Hall–Kier alpha value is -1.38. The lowest BCUT2D eigenvalue weighted by atomic mass is 9.89. The van der Waals surface area contributed by atoms with Crippen molar-refractivity contribution in [1.29, 1.82) is 0 Å². The number of ether oxygens (including phenoxy) is 1. The molecule has 0 amide bonds. The maximum absolute atomic E-state index is 11.5. The predicted octanol–water partition coefficient (Wildman–Crippen LogP) is 2.46. The van der Waals surface area contributed by atoms with Gasteiger partial charge in [0.2, 0.25) is 0 Å². The third-order valence-electron chi connectivity index (χ3n) is 1.99. The summed E-state index contributed by atoms with van der Waals surface area (Å²) in [6.07, 6.45) is 2.46. The Kier molecular flexibility index (Phi) is 3.45. The van der Waals surface area contributed by atoms with Gasteiger partial charge in [0.1, 0.15) is 0 Å². The number of carbonyl (C=O) groups is 1. The molecule has 0 aromatic carbocycles. The van der Waals surface area contributed by atoms with Gasteiger partial charge in [-0.3, -0.25) is 4.98 Å². The summed E-state index contributed by atoms with van der Waals surface area (Å²) in [6, 6.07) is 3.50. The Morgan fingerprint density at radius 1 is 1.47 bits per heavy atom. The van der Waals surface area contributed by atoms with E-state index < -0.39 is 0 Å². The van der Waals surface area contributed by atoms with Gasteiger partial charge in [-0.05, 0) is 24.0 Å². The maximum Gasteiger partial charge on any atom is 0.339 e. The molecule has 82 valence electrons. The summed E-state index contributed by atoms with van der Waals surface area (Å²) in [7, 11) is 1.39. The van der Waals surface area contributed by atoms with Gasteiger partial charge in [-0.25, -0.2) is 4.79 Å². The van der Waals surface area contributed by atoms with Crippen LogP contribution in [0, 0.1) is 5.41 Å². The second-order valence-electron chi connectivity index (χ2n) is 4.73. The number of carbonyl (C=O) groups excluding carboxylic acids is 1. The topological polar surface area (TPSA) is 39.2 Å². The molecule has 1 aromatic rings. The van der Waals surface area contributed by atoms with Crippen LogP contribution in [0.15, 0.2) is 18.3 Å². The smallest absolute Gasteiger partial charge is 0.339 e. The molecule has 0 bridgehead atoms. The Morgan fingerprint density at radius 3 is 2.67 bits per heavy atom. The maximum atomic E-state index is 11.5. The Labute approximate surface area is 90.5 Å². The summed E-state index contributed by atoms with van der Waals surface area (Å²) in [5, 5.41) is 0. The van der Waals surface area contributed by atoms with E-state index in [1.165, 1.54) is 7.11 Å². The minimum Gasteiger partial charge on any atom is -0.465 e. The van der Waals surface area contributed by atoms with Crippen LogP contribution in [0.5, 0.6) is 0 Å². The van der Waals surface area contributed by atoms with Crippen LogP contribution in [0.25, 0.3) is 0 Å². The molecule has 0 atom stereocenters. The predicted molar refractivity (Wildman–Crippen MR) is 58.7 cm³/mol. The first-order chi connectivity index (χ1) is 6.94. The van der Waals surface area contributed by atoms with Crippen LogP contribution in [0.3, 0.4) is 0 Å². The van der Waals surface area contributed by atoms with Crippen LogP contribution in [-0.4, -0.2) is 18.1 Å². The first-order valence-corrected chi connectivity index (χ1v) is 4.96. The van der Waals surface area contributed by atoms with Crippen LogP contribution in [-0.2, 0) is 11.2 Å². The summed E-state index contributed by atoms with van der Waals surface area (Å²) in [5.74, 6) is -0.317. The van der Waals surface area contributed by atoms with Gasteiger partial charge >= 0.3 is 5.97 Å². The lowest BCUT2D eigenvalue weighted by Crippen LogP contribution is -2.15. The second kappa shape index (κ2) is 4.43. The largest absolute Gasteiger partial charge is 0.465 e. The summed E-state index contributed by atoms with van der Waals surface area (Å²) < 4.78 is 4.71. The van der Waals surface area contributed by atoms with Crippen LogP contribution in [0.4, 0.5) is 0 Å². The monoisotopic (exact) mass is 207 g/mol. The number of methoxy groups -OCH3 is 1. The number of rotatable bonds is 2. The van der Waals surface area contributed by atoms with E-state index in [0.717, 1.165) is 12.1 Å². The summed E-state index contributed by atoms with van der Waals surface area (Å²) in [4.78, 5) is 15.7. The molecule has 0 aliphatic heterocycles. The number of esters is 1. The molecule has 1 heterocycles. The number of hydrogen-bond acceptors (Lipinski definition) is 3. The van der Waals surface area contributed by atoms with Crippen LogP contribution < -0.4 is 0 Å². The molecule has 3 nitrogen and oxygen atoms in total. The minimum absolute atomic E-state index is 0.108. The van der Waals surface area contributed by atoms with Gasteiger partial charge in [0.05, 0.1) is 18.4 Å². The third kappa shape index (κ3) is 3.35. The average molecular weight is 207 g/mol. The van der Waals surface area contributed by atoms with Crippen molar-refractivity contribution in [3.05, 3.63) is 29.6 Å². The van der Waals surface area contributed by atoms with Crippen molar-refractivity contribution in [2.45, 2.75) is 27.2 Å². The molecule has 15 heavy (non-hydrogen) atoms. The SMILES string of the molecule is COC(=O)c1cccnc1CC(C)(C)C. The van der Waals surface area contributed by atoms with E-state index in [0.29, 0.717) is 5.56 Å². The Bertz CT molecular complexity index is 353. The van der Waals surface area contributed by atoms with Gasteiger partial charge in [0.25, 0.3) is 0 Å². The fourth-order valence-electron chi connectivity index (χ4n) is 1.38. The van der Waals surface area contributed by atoms with Crippen LogP contribution >= 0.6 is 0 Å². The zero-order valence-electron chi connectivity index (χ0n) is 9.70. The highest BCUT2D eigenvalue weighted by molar-refractivity contribution is 5.90. The van der Waals surface area contributed by atoms with E-state index in [1.807, 2.05) is 0 Å². The molecule has 0 unspecified atom stereocenters. The van der Waals surface area contributed by atoms with Crippen molar-refractivity contribution in [3.63, 3.8) is 0 Å². The van der Waals surface area contributed by atoms with E-state index >= 15 is 0 Å². The quantitative estimate of drug-likeness (QED) is 0.699. The third-order valence-corrected chi connectivity index (χ3v) is 1.99. The Balaban J connectivity index is 3.02. The highest BCUT2D eigenvalue weighted by Crippen LogP contribution is 2.21. The molecular formula is C12H17NO2. The van der Waals surface area contributed by atoms with Crippen molar-refractivity contribution in [3.8, 4) is 0 Å². The molecule has 0 spiro atoms. The Morgan fingerprint density at radius 2 is 2.13 bits per heavy atom. The molecule has 1 aromatic heterocycles. The van der Waals surface area contributed by atoms with Gasteiger partial charge in [-0.2, -0.15) is 0 Å². The van der Waals surface area contributed by atoms with Crippen molar-refractivity contribution in [1.82, 2.24) is 4.98 Å². The molecule has 0 N–H and O–H groups in total. The first-order valence-electron chi connectivity index (χ1n) is 4.96. The van der Waals surface area contributed by atoms with Crippen molar-refractivity contribution >= 4 is 5.97 Å². The highest BCUT2D eigenvalue weighted by atomic mass is 16.5. The standard InChI is InChI=1S/C12H17NO2/c1-12(2,3)8-10-9(11(14)15-4)6-5-7-13-10/h5-7H,8H2,1-4H3.